The van der Waals surface area contributed by atoms with Crippen LogP contribution in [-0.2, 0) is 14.3 Å². The Balaban J connectivity index is 2.73. The number of halogens is 3. The molecule has 0 aromatic carbocycles. The van der Waals surface area contributed by atoms with Crippen molar-refractivity contribution < 1.29 is 27.5 Å². The maximum absolute atomic E-state index is 11.9. The Hall–Kier alpha value is -1.31. The third-order valence-corrected chi connectivity index (χ3v) is 2.85. The molecular formula is C11H17F3N2O3. The molecule has 0 aromatic heterocycles. The zero-order chi connectivity index (χ0) is 14.8. The summed E-state index contributed by atoms with van der Waals surface area (Å²) in [6, 6.07) is -1.49. The molecule has 1 saturated heterocycles. The van der Waals surface area contributed by atoms with E-state index >= 15 is 0 Å². The quantitative estimate of drug-likeness (QED) is 0.833. The highest BCUT2D eigenvalue weighted by molar-refractivity contribution is 5.96. The van der Waals surface area contributed by atoms with E-state index in [1.165, 1.54) is 6.92 Å². The number of carbonyl (C=O) groups is 2. The van der Waals surface area contributed by atoms with Gasteiger partial charge in [0.05, 0.1) is 6.61 Å². The number of hydrogen-bond donors (Lipinski definition) is 1. The van der Waals surface area contributed by atoms with Crippen LogP contribution in [0.2, 0.25) is 0 Å². The zero-order valence-electron chi connectivity index (χ0n) is 11.0. The van der Waals surface area contributed by atoms with Gasteiger partial charge in [0.2, 0.25) is 11.8 Å². The van der Waals surface area contributed by atoms with Crippen LogP contribution in [0.1, 0.15) is 20.8 Å². The Morgan fingerprint density at radius 3 is 2.42 bits per heavy atom. The van der Waals surface area contributed by atoms with Crippen LogP contribution < -0.4 is 5.32 Å². The van der Waals surface area contributed by atoms with Crippen molar-refractivity contribution in [2.75, 3.05) is 13.2 Å². The zero-order valence-corrected chi connectivity index (χ0v) is 11.0. The summed E-state index contributed by atoms with van der Waals surface area (Å²) in [6.45, 7) is 4.00. The molecule has 1 N–H and O–H groups in total. The Morgan fingerprint density at radius 1 is 1.37 bits per heavy atom. The number of rotatable bonds is 4. The number of piperazine rings is 1. The molecule has 19 heavy (non-hydrogen) atoms. The third kappa shape index (κ3) is 4.09. The van der Waals surface area contributed by atoms with E-state index in [9.17, 15) is 22.8 Å². The van der Waals surface area contributed by atoms with Gasteiger partial charge < -0.3 is 10.2 Å². The number of nitrogens with zero attached hydrogens (tertiary/aromatic N) is 1. The molecule has 0 aromatic rings. The number of alkyl halides is 3. The van der Waals surface area contributed by atoms with Gasteiger partial charge in [-0.05, 0) is 12.8 Å². The van der Waals surface area contributed by atoms with Gasteiger partial charge in [0.15, 0.2) is 0 Å². The van der Waals surface area contributed by atoms with Crippen molar-refractivity contribution in [2.24, 2.45) is 5.92 Å². The van der Waals surface area contributed by atoms with Crippen molar-refractivity contribution in [2.45, 2.75) is 39.2 Å². The van der Waals surface area contributed by atoms with Gasteiger partial charge in [0.25, 0.3) is 0 Å². The van der Waals surface area contributed by atoms with Crippen molar-refractivity contribution in [1.82, 2.24) is 10.2 Å². The Labute approximate surface area is 109 Å². The predicted octanol–water partition coefficient (Wildman–Crippen LogP) is 0.894. The maximum atomic E-state index is 11.9. The highest BCUT2D eigenvalue weighted by atomic mass is 19.4. The molecule has 1 rings (SSSR count). The molecule has 1 aliphatic rings. The molecule has 0 saturated carbocycles. The van der Waals surface area contributed by atoms with Gasteiger partial charge in [-0.1, -0.05) is 13.8 Å². The average molecular weight is 282 g/mol. The molecule has 1 fully saturated rings. The van der Waals surface area contributed by atoms with Gasteiger partial charge >= 0.3 is 6.36 Å². The van der Waals surface area contributed by atoms with Crippen molar-refractivity contribution in [3.8, 4) is 0 Å². The number of ether oxygens (including phenoxy) is 1. The van der Waals surface area contributed by atoms with E-state index in [0.717, 1.165) is 4.90 Å². The SMILES string of the molecule is CC1NC(=O)C(C(C)C)N(CCOC(F)(F)F)C1=O. The van der Waals surface area contributed by atoms with Crippen LogP contribution in [0, 0.1) is 5.92 Å². The summed E-state index contributed by atoms with van der Waals surface area (Å²) in [4.78, 5) is 24.9. The molecule has 0 radical (unpaired) electrons. The fourth-order valence-corrected chi connectivity index (χ4v) is 2.06. The Bertz CT molecular complexity index is 358. The number of hydrogen-bond acceptors (Lipinski definition) is 3. The number of amides is 2. The van der Waals surface area contributed by atoms with Crippen LogP contribution in [0.3, 0.4) is 0 Å². The minimum atomic E-state index is -4.74. The first kappa shape index (κ1) is 15.7. The fraction of sp³-hybridized carbons (Fsp3) is 0.818. The molecule has 2 atom stereocenters. The molecule has 110 valence electrons. The van der Waals surface area contributed by atoms with Crippen LogP contribution in [0.4, 0.5) is 13.2 Å². The second kappa shape index (κ2) is 5.77. The van der Waals surface area contributed by atoms with Crippen molar-refractivity contribution in [3.05, 3.63) is 0 Å². The van der Waals surface area contributed by atoms with Crippen molar-refractivity contribution in [1.29, 1.82) is 0 Å². The highest BCUT2D eigenvalue weighted by Crippen LogP contribution is 2.19. The van der Waals surface area contributed by atoms with Gasteiger partial charge in [-0.15, -0.1) is 13.2 Å². The minimum absolute atomic E-state index is 0.192. The molecule has 2 amide bonds. The standard InChI is InChI=1S/C11H17F3N2O3/c1-6(2)8-9(17)15-7(3)10(18)16(8)4-5-19-11(12,13)14/h6-8H,4-5H2,1-3H3,(H,15,17). The first-order valence-electron chi connectivity index (χ1n) is 5.95. The lowest BCUT2D eigenvalue weighted by molar-refractivity contribution is -0.325. The largest absolute Gasteiger partial charge is 0.522 e. The summed E-state index contributed by atoms with van der Waals surface area (Å²) in [7, 11) is 0. The molecule has 0 spiro atoms. The van der Waals surface area contributed by atoms with Gasteiger partial charge in [-0.2, -0.15) is 0 Å². The summed E-state index contributed by atoms with van der Waals surface area (Å²) in [5, 5.41) is 2.50. The fourth-order valence-electron chi connectivity index (χ4n) is 2.06. The molecule has 0 aliphatic carbocycles. The topological polar surface area (TPSA) is 58.6 Å². The second-order valence-corrected chi connectivity index (χ2v) is 4.74. The molecule has 2 unspecified atom stereocenters. The number of carbonyl (C=O) groups excluding carboxylic acids is 2. The Morgan fingerprint density at radius 2 is 1.95 bits per heavy atom. The molecule has 5 nitrogen and oxygen atoms in total. The lowest BCUT2D eigenvalue weighted by Gasteiger charge is -2.39. The normalized spacial score (nSPS) is 24.9. The van der Waals surface area contributed by atoms with Crippen LogP contribution in [0.5, 0.6) is 0 Å². The van der Waals surface area contributed by atoms with Gasteiger partial charge in [-0.25, -0.2) is 0 Å². The first-order chi connectivity index (χ1) is 8.63. The average Bonchev–Trinajstić information content (AvgIpc) is 2.22. The predicted molar refractivity (Wildman–Crippen MR) is 60.0 cm³/mol. The van der Waals surface area contributed by atoms with Crippen LogP contribution in [0.25, 0.3) is 0 Å². The summed E-state index contributed by atoms with van der Waals surface area (Å²) in [5.74, 6) is -0.944. The lowest BCUT2D eigenvalue weighted by Crippen LogP contribution is -2.64. The lowest BCUT2D eigenvalue weighted by atomic mass is 9.97. The van der Waals surface area contributed by atoms with Crippen LogP contribution in [0.15, 0.2) is 0 Å². The molecule has 1 heterocycles. The van der Waals surface area contributed by atoms with Gasteiger partial charge in [0.1, 0.15) is 12.1 Å². The second-order valence-electron chi connectivity index (χ2n) is 4.74. The van der Waals surface area contributed by atoms with E-state index in [2.05, 4.69) is 10.1 Å². The molecule has 0 bridgehead atoms. The molecular weight excluding hydrogens is 265 g/mol. The minimum Gasteiger partial charge on any atom is -0.343 e. The summed E-state index contributed by atoms with van der Waals surface area (Å²) < 4.78 is 39.4. The molecule has 8 heteroatoms. The molecule has 1 aliphatic heterocycles. The van der Waals surface area contributed by atoms with Crippen molar-refractivity contribution in [3.63, 3.8) is 0 Å². The van der Waals surface area contributed by atoms with E-state index in [4.69, 9.17) is 0 Å². The number of nitrogens with one attached hydrogen (secondary N) is 1. The first-order valence-corrected chi connectivity index (χ1v) is 5.95. The van der Waals surface area contributed by atoms with E-state index in [1.54, 1.807) is 13.8 Å². The smallest absolute Gasteiger partial charge is 0.343 e. The van der Waals surface area contributed by atoms with Gasteiger partial charge in [-0.3, -0.25) is 14.3 Å². The summed E-state index contributed by atoms with van der Waals surface area (Å²) in [5.41, 5.74) is 0. The highest BCUT2D eigenvalue weighted by Gasteiger charge is 2.40. The van der Waals surface area contributed by atoms with Crippen LogP contribution >= 0.6 is 0 Å². The van der Waals surface area contributed by atoms with E-state index in [1.807, 2.05) is 0 Å². The van der Waals surface area contributed by atoms with Crippen LogP contribution in [-0.4, -0.2) is 48.3 Å². The monoisotopic (exact) mass is 282 g/mol. The van der Waals surface area contributed by atoms with E-state index in [0.29, 0.717) is 0 Å². The third-order valence-electron chi connectivity index (χ3n) is 2.85. The van der Waals surface area contributed by atoms with E-state index < -0.39 is 31.0 Å². The van der Waals surface area contributed by atoms with Crippen molar-refractivity contribution >= 4 is 11.8 Å². The summed E-state index contributed by atoms with van der Waals surface area (Å²) >= 11 is 0. The summed E-state index contributed by atoms with van der Waals surface area (Å²) in [6.07, 6.45) is -4.74. The van der Waals surface area contributed by atoms with E-state index in [-0.39, 0.29) is 18.4 Å². The van der Waals surface area contributed by atoms with Gasteiger partial charge in [0, 0.05) is 6.54 Å². The Kier molecular flexibility index (Phi) is 4.78. The maximum Gasteiger partial charge on any atom is 0.522 e.